The van der Waals surface area contributed by atoms with Crippen molar-refractivity contribution in [1.29, 1.82) is 0 Å². The molecule has 0 saturated carbocycles. The summed E-state index contributed by atoms with van der Waals surface area (Å²) in [5, 5.41) is 3.07. The van der Waals surface area contributed by atoms with Gasteiger partial charge in [0.15, 0.2) is 0 Å². The number of hydrogen-bond acceptors (Lipinski definition) is 4. The number of carbonyl (C=O) groups is 1. The van der Waals surface area contributed by atoms with E-state index in [1.807, 2.05) is 13.8 Å². The zero-order valence-corrected chi connectivity index (χ0v) is 15.3. The van der Waals surface area contributed by atoms with Gasteiger partial charge in [-0.15, -0.1) is 0 Å². The zero-order chi connectivity index (χ0) is 16.7. The van der Waals surface area contributed by atoms with E-state index in [1.165, 1.54) is 13.3 Å². The maximum atomic E-state index is 12.2. The maximum absolute atomic E-state index is 12.2. The molecule has 1 N–H and O–H groups in total. The molecule has 0 unspecified atom stereocenters. The fourth-order valence-electron chi connectivity index (χ4n) is 1.46. The van der Waals surface area contributed by atoms with Gasteiger partial charge in [-0.25, -0.2) is 4.98 Å². The molecule has 0 bridgehead atoms. The van der Waals surface area contributed by atoms with Crippen molar-refractivity contribution in [2.45, 2.75) is 13.8 Å². The quantitative estimate of drug-likeness (QED) is 0.741. The van der Waals surface area contributed by atoms with Crippen molar-refractivity contribution in [3.05, 3.63) is 44.7 Å². The van der Waals surface area contributed by atoms with Gasteiger partial charge in [0.2, 0.25) is 11.2 Å². The summed E-state index contributed by atoms with van der Waals surface area (Å²) in [6.45, 7) is 4.00. The summed E-state index contributed by atoms with van der Waals surface area (Å²) in [5.74, 6) is -0.363. The molecule has 118 valence electrons. The predicted molar refractivity (Wildman–Crippen MR) is 92.0 cm³/mol. The molecule has 8 heteroatoms. The van der Waals surface area contributed by atoms with Crippen LogP contribution in [0.5, 0.6) is 5.88 Å². The minimum absolute atomic E-state index is 0.00248. The highest BCUT2D eigenvalue weighted by molar-refractivity contribution is 9.10. The van der Waals surface area contributed by atoms with Gasteiger partial charge in [-0.1, -0.05) is 31.5 Å². The van der Waals surface area contributed by atoms with Crippen molar-refractivity contribution in [1.82, 2.24) is 9.97 Å². The van der Waals surface area contributed by atoms with Crippen molar-refractivity contribution in [2.24, 2.45) is 0 Å². The number of hydrogen-bond donors (Lipinski definition) is 1. The summed E-state index contributed by atoms with van der Waals surface area (Å²) in [7, 11) is 1.39. The summed E-state index contributed by atoms with van der Waals surface area (Å²) in [6.07, 6.45) is 1.29. The Balaban J connectivity index is 0.00000116. The first-order valence-corrected chi connectivity index (χ1v) is 7.89. The van der Waals surface area contributed by atoms with E-state index in [0.29, 0.717) is 15.2 Å². The monoisotopic (exact) mass is 405 g/mol. The number of carbonyl (C=O) groups excluding carboxylic acids is 1. The topological polar surface area (TPSA) is 64.1 Å². The molecule has 22 heavy (non-hydrogen) atoms. The molecule has 1 aromatic heterocycles. The first-order chi connectivity index (χ1) is 10.5. The molecule has 0 atom stereocenters. The first-order valence-electron chi connectivity index (χ1n) is 6.35. The summed E-state index contributed by atoms with van der Waals surface area (Å²) >= 11 is 15.0. The Morgan fingerprint density at radius 1 is 1.32 bits per heavy atom. The van der Waals surface area contributed by atoms with Crippen LogP contribution in [0, 0.1) is 0 Å². The van der Waals surface area contributed by atoms with Crippen LogP contribution in [0.3, 0.4) is 0 Å². The highest BCUT2D eigenvalue weighted by Gasteiger charge is 2.17. The molecule has 0 aliphatic rings. The molecular formula is C14H14BrCl2N3O2. The van der Waals surface area contributed by atoms with Crippen molar-refractivity contribution >= 4 is 50.7 Å². The number of anilines is 1. The third-order valence-electron chi connectivity index (χ3n) is 2.36. The predicted octanol–water partition coefficient (Wildman–Crippen LogP) is 4.83. The zero-order valence-electron chi connectivity index (χ0n) is 12.2. The molecule has 0 fully saturated rings. The lowest BCUT2D eigenvalue weighted by atomic mass is 10.2. The van der Waals surface area contributed by atoms with E-state index in [9.17, 15) is 4.79 Å². The lowest BCUT2D eigenvalue weighted by molar-refractivity contribution is 0.102. The van der Waals surface area contributed by atoms with E-state index < -0.39 is 5.91 Å². The molecule has 0 spiro atoms. The highest BCUT2D eigenvalue weighted by atomic mass is 79.9. The van der Waals surface area contributed by atoms with Gasteiger partial charge in [-0.2, -0.15) is 4.98 Å². The van der Waals surface area contributed by atoms with Gasteiger partial charge in [0.1, 0.15) is 5.56 Å². The molecule has 1 amide bonds. The number of rotatable bonds is 3. The Labute approximate surface area is 147 Å². The number of aromatic nitrogens is 2. The lowest BCUT2D eigenvalue weighted by Crippen LogP contribution is -2.15. The minimum Gasteiger partial charge on any atom is -0.480 e. The Morgan fingerprint density at radius 3 is 2.59 bits per heavy atom. The average molecular weight is 407 g/mol. The Hall–Kier alpha value is -1.37. The fraction of sp³-hybridized carbons (Fsp3) is 0.214. The van der Waals surface area contributed by atoms with Gasteiger partial charge in [0.25, 0.3) is 5.91 Å². The van der Waals surface area contributed by atoms with E-state index >= 15 is 0 Å². The molecule has 0 saturated heterocycles. The van der Waals surface area contributed by atoms with Crippen LogP contribution in [0.15, 0.2) is 28.9 Å². The van der Waals surface area contributed by atoms with E-state index in [0.717, 1.165) is 0 Å². The van der Waals surface area contributed by atoms with E-state index in [1.54, 1.807) is 18.2 Å². The summed E-state index contributed by atoms with van der Waals surface area (Å²) in [4.78, 5) is 19.8. The first kappa shape index (κ1) is 18.7. The smallest absolute Gasteiger partial charge is 0.262 e. The van der Waals surface area contributed by atoms with Crippen LogP contribution in [0.4, 0.5) is 5.69 Å². The second kappa shape index (κ2) is 8.92. The van der Waals surface area contributed by atoms with Crippen molar-refractivity contribution < 1.29 is 9.53 Å². The largest absolute Gasteiger partial charge is 0.480 e. The molecule has 2 rings (SSSR count). The SMILES string of the molecule is CC.COc1nc(Cl)ncc1C(=O)Nc1c(Cl)cccc1Br. The molecule has 2 aromatic rings. The molecule has 0 aliphatic heterocycles. The maximum Gasteiger partial charge on any atom is 0.262 e. The molecule has 1 aromatic carbocycles. The third-order valence-corrected chi connectivity index (χ3v) is 3.52. The number of nitrogens with zero attached hydrogens (tertiary/aromatic N) is 2. The Bertz CT molecular complexity index is 648. The normalized spacial score (nSPS) is 9.55. The van der Waals surface area contributed by atoms with Gasteiger partial charge in [0.05, 0.1) is 17.8 Å². The fourth-order valence-corrected chi connectivity index (χ4v) is 2.38. The third kappa shape index (κ3) is 4.56. The average Bonchev–Trinajstić information content (AvgIpc) is 2.52. The van der Waals surface area contributed by atoms with Crippen molar-refractivity contribution in [2.75, 3.05) is 12.4 Å². The number of halogens is 3. The summed E-state index contributed by atoms with van der Waals surface area (Å²) < 4.78 is 5.66. The van der Waals surface area contributed by atoms with Crippen LogP contribution >= 0.6 is 39.1 Å². The van der Waals surface area contributed by atoms with Crippen LogP contribution in [-0.4, -0.2) is 23.0 Å². The second-order valence-corrected chi connectivity index (χ2v) is 5.21. The molecular weight excluding hydrogens is 393 g/mol. The lowest BCUT2D eigenvalue weighted by Gasteiger charge is -2.10. The molecule has 1 heterocycles. The van der Waals surface area contributed by atoms with Crippen LogP contribution < -0.4 is 10.1 Å². The number of ether oxygens (including phenoxy) is 1. The van der Waals surface area contributed by atoms with Crippen molar-refractivity contribution in [3.63, 3.8) is 0 Å². The second-order valence-electron chi connectivity index (χ2n) is 3.61. The highest BCUT2D eigenvalue weighted by Crippen LogP contribution is 2.31. The van der Waals surface area contributed by atoms with Gasteiger partial charge in [0, 0.05) is 10.7 Å². The van der Waals surface area contributed by atoms with Gasteiger partial charge >= 0.3 is 0 Å². The van der Waals surface area contributed by atoms with E-state index in [-0.39, 0.29) is 16.7 Å². The number of nitrogens with one attached hydrogen (secondary N) is 1. The number of amides is 1. The van der Waals surface area contributed by atoms with Crippen molar-refractivity contribution in [3.8, 4) is 5.88 Å². The van der Waals surface area contributed by atoms with E-state index in [4.69, 9.17) is 27.9 Å². The van der Waals surface area contributed by atoms with E-state index in [2.05, 4.69) is 31.2 Å². The Kier molecular flexibility index (Phi) is 7.58. The number of methoxy groups -OCH3 is 1. The van der Waals surface area contributed by atoms with Crippen LogP contribution in [-0.2, 0) is 0 Å². The summed E-state index contributed by atoms with van der Waals surface area (Å²) in [5.41, 5.74) is 0.611. The van der Waals surface area contributed by atoms with Crippen LogP contribution in [0.25, 0.3) is 0 Å². The Morgan fingerprint density at radius 2 is 2.00 bits per heavy atom. The number of benzene rings is 1. The van der Waals surface area contributed by atoms with Crippen LogP contribution in [0.2, 0.25) is 10.3 Å². The summed E-state index contributed by atoms with van der Waals surface area (Å²) in [6, 6.07) is 5.18. The van der Waals surface area contributed by atoms with Gasteiger partial charge in [-0.3, -0.25) is 4.79 Å². The molecule has 0 radical (unpaired) electrons. The molecule has 0 aliphatic carbocycles. The standard InChI is InChI=1S/C12H8BrCl2N3O2.C2H6/c1-20-11-6(5-16-12(15)18-11)10(19)17-9-7(13)3-2-4-8(9)14;1-2/h2-5H,1H3,(H,17,19);1-2H3. The van der Waals surface area contributed by atoms with Crippen LogP contribution in [0.1, 0.15) is 24.2 Å². The number of para-hydroxylation sites is 1. The van der Waals surface area contributed by atoms with Gasteiger partial charge < -0.3 is 10.1 Å². The molecule has 5 nitrogen and oxygen atoms in total. The van der Waals surface area contributed by atoms with Gasteiger partial charge in [-0.05, 0) is 39.7 Å². The minimum atomic E-state index is -0.452.